The van der Waals surface area contributed by atoms with Gasteiger partial charge in [-0.05, 0) is 35.1 Å². The molecule has 0 saturated heterocycles. The Balaban J connectivity index is 1.69. The molecule has 1 heterocycles. The molecule has 0 saturated carbocycles. The Morgan fingerprint density at radius 2 is 1.75 bits per heavy atom. The summed E-state index contributed by atoms with van der Waals surface area (Å²) in [5.41, 5.74) is 1.61. The summed E-state index contributed by atoms with van der Waals surface area (Å²) in [5.74, 6) is -0.344. The number of benzene rings is 2. The third-order valence-electron chi connectivity index (χ3n) is 3.85. The van der Waals surface area contributed by atoms with E-state index in [1.54, 1.807) is 29.5 Å². The van der Waals surface area contributed by atoms with Crippen molar-refractivity contribution in [3.63, 3.8) is 0 Å². The summed E-state index contributed by atoms with van der Waals surface area (Å²) in [5, 5.41) is 5.07. The Morgan fingerprint density at radius 3 is 2.46 bits per heavy atom. The minimum absolute atomic E-state index is 0.0829. The van der Waals surface area contributed by atoms with Crippen LogP contribution in [0.3, 0.4) is 0 Å². The Morgan fingerprint density at radius 1 is 1.00 bits per heavy atom. The maximum atomic E-state index is 13.7. The molecule has 1 atom stereocenters. The summed E-state index contributed by atoms with van der Waals surface area (Å²) in [4.78, 5) is 13.5. The van der Waals surface area contributed by atoms with E-state index in [1.165, 1.54) is 6.07 Å². The fourth-order valence-corrected chi connectivity index (χ4v) is 3.40. The quantitative estimate of drug-likeness (QED) is 0.691. The van der Waals surface area contributed by atoms with Gasteiger partial charge in [-0.1, -0.05) is 54.6 Å². The number of hydrogen-bond acceptors (Lipinski definition) is 2. The van der Waals surface area contributed by atoms with Crippen molar-refractivity contribution < 1.29 is 9.18 Å². The average Bonchev–Trinajstić information content (AvgIpc) is 3.14. The second kappa shape index (κ2) is 7.88. The van der Waals surface area contributed by atoms with Gasteiger partial charge in [-0.15, -0.1) is 11.3 Å². The van der Waals surface area contributed by atoms with Crippen LogP contribution in [0.1, 0.15) is 28.5 Å². The first kappa shape index (κ1) is 16.4. The van der Waals surface area contributed by atoms with Crippen molar-refractivity contribution in [1.82, 2.24) is 5.32 Å². The number of halogens is 1. The molecule has 1 aromatic heterocycles. The van der Waals surface area contributed by atoms with E-state index in [4.69, 9.17) is 0 Å². The van der Waals surface area contributed by atoms with Gasteiger partial charge in [0.05, 0.1) is 6.04 Å². The standard InChI is InChI=1S/C20H18FNOS/c21-17-10-5-4-7-15(17)12-13-19(23)22-20(18-11-6-14-24-18)16-8-2-1-3-9-16/h1-11,14,20H,12-13H2,(H,22,23)/t20-/m1/s1. The molecule has 0 aliphatic rings. The predicted molar refractivity (Wildman–Crippen MR) is 95.5 cm³/mol. The van der Waals surface area contributed by atoms with E-state index in [0.717, 1.165) is 10.4 Å². The van der Waals surface area contributed by atoms with Crippen LogP contribution in [0.5, 0.6) is 0 Å². The first-order valence-electron chi connectivity index (χ1n) is 7.85. The number of aryl methyl sites for hydroxylation is 1. The first-order valence-corrected chi connectivity index (χ1v) is 8.73. The highest BCUT2D eigenvalue weighted by molar-refractivity contribution is 7.10. The summed E-state index contributed by atoms with van der Waals surface area (Å²) in [6.07, 6.45) is 0.653. The maximum absolute atomic E-state index is 13.7. The Bertz CT molecular complexity index is 786. The molecule has 0 fully saturated rings. The van der Waals surface area contributed by atoms with Crippen LogP contribution in [0.25, 0.3) is 0 Å². The number of amides is 1. The number of hydrogen-bond donors (Lipinski definition) is 1. The molecule has 1 amide bonds. The topological polar surface area (TPSA) is 29.1 Å². The van der Waals surface area contributed by atoms with Gasteiger partial charge >= 0.3 is 0 Å². The van der Waals surface area contributed by atoms with Crippen molar-refractivity contribution in [2.75, 3.05) is 0 Å². The fraction of sp³-hybridized carbons (Fsp3) is 0.150. The van der Waals surface area contributed by atoms with Crippen molar-refractivity contribution in [2.24, 2.45) is 0 Å². The molecule has 24 heavy (non-hydrogen) atoms. The summed E-state index contributed by atoms with van der Waals surface area (Å²) in [6.45, 7) is 0. The van der Waals surface area contributed by atoms with E-state index >= 15 is 0 Å². The van der Waals surface area contributed by atoms with Crippen LogP contribution in [-0.4, -0.2) is 5.91 Å². The Kier molecular flexibility index (Phi) is 5.39. The van der Waals surface area contributed by atoms with Gasteiger partial charge in [0.25, 0.3) is 0 Å². The molecule has 2 aromatic carbocycles. The summed E-state index contributed by atoms with van der Waals surface area (Å²) in [7, 11) is 0. The van der Waals surface area contributed by atoms with Crippen LogP contribution in [0.4, 0.5) is 4.39 Å². The third-order valence-corrected chi connectivity index (χ3v) is 4.78. The number of thiophene rings is 1. The molecule has 3 rings (SSSR count). The molecular formula is C20H18FNOS. The van der Waals surface area contributed by atoms with E-state index in [-0.39, 0.29) is 24.2 Å². The van der Waals surface area contributed by atoms with E-state index in [1.807, 2.05) is 47.8 Å². The minimum Gasteiger partial charge on any atom is -0.344 e. The lowest BCUT2D eigenvalue weighted by molar-refractivity contribution is -0.121. The van der Waals surface area contributed by atoms with E-state index in [0.29, 0.717) is 12.0 Å². The van der Waals surface area contributed by atoms with Gasteiger partial charge in [0.1, 0.15) is 5.82 Å². The summed E-state index contributed by atoms with van der Waals surface area (Å²) < 4.78 is 13.7. The molecule has 0 radical (unpaired) electrons. The zero-order valence-electron chi connectivity index (χ0n) is 13.1. The molecule has 0 aliphatic carbocycles. The van der Waals surface area contributed by atoms with E-state index in [2.05, 4.69) is 5.32 Å². The van der Waals surface area contributed by atoms with Crippen molar-refractivity contribution in [2.45, 2.75) is 18.9 Å². The lowest BCUT2D eigenvalue weighted by atomic mass is 10.0. The van der Waals surface area contributed by atoms with Gasteiger partial charge in [-0.2, -0.15) is 0 Å². The zero-order chi connectivity index (χ0) is 16.8. The molecule has 3 aromatic rings. The molecule has 0 unspecified atom stereocenters. The SMILES string of the molecule is O=C(CCc1ccccc1F)N[C@H](c1ccccc1)c1cccs1. The van der Waals surface area contributed by atoms with Crippen molar-refractivity contribution in [3.05, 3.63) is 93.9 Å². The highest BCUT2D eigenvalue weighted by atomic mass is 32.1. The Hall–Kier alpha value is -2.46. The van der Waals surface area contributed by atoms with Crippen LogP contribution < -0.4 is 5.32 Å². The van der Waals surface area contributed by atoms with Crippen molar-refractivity contribution >= 4 is 17.2 Å². The molecule has 0 aliphatic heterocycles. The summed E-state index contributed by atoms with van der Waals surface area (Å²) >= 11 is 1.61. The molecule has 0 bridgehead atoms. The second-order valence-corrected chi connectivity index (χ2v) is 6.50. The van der Waals surface area contributed by atoms with Gasteiger partial charge < -0.3 is 5.32 Å². The van der Waals surface area contributed by atoms with E-state index in [9.17, 15) is 9.18 Å². The molecule has 1 N–H and O–H groups in total. The first-order chi connectivity index (χ1) is 11.7. The largest absolute Gasteiger partial charge is 0.344 e. The van der Waals surface area contributed by atoms with E-state index < -0.39 is 0 Å². The zero-order valence-corrected chi connectivity index (χ0v) is 13.9. The molecule has 0 spiro atoms. The lowest BCUT2D eigenvalue weighted by Gasteiger charge is -2.18. The average molecular weight is 339 g/mol. The van der Waals surface area contributed by atoms with Crippen LogP contribution in [0.2, 0.25) is 0 Å². The van der Waals surface area contributed by atoms with Gasteiger partial charge in [-0.25, -0.2) is 4.39 Å². The third kappa shape index (κ3) is 4.09. The molecule has 122 valence electrons. The lowest BCUT2D eigenvalue weighted by Crippen LogP contribution is -2.29. The Labute approximate surface area is 145 Å². The summed E-state index contributed by atoms with van der Waals surface area (Å²) in [6, 6.07) is 20.3. The number of nitrogens with one attached hydrogen (secondary N) is 1. The predicted octanol–water partition coefficient (Wildman–Crippen LogP) is 4.73. The van der Waals surface area contributed by atoms with Crippen LogP contribution in [0.15, 0.2) is 72.1 Å². The highest BCUT2D eigenvalue weighted by Gasteiger charge is 2.17. The molecule has 2 nitrogen and oxygen atoms in total. The highest BCUT2D eigenvalue weighted by Crippen LogP contribution is 2.26. The van der Waals surface area contributed by atoms with Gasteiger partial charge in [-0.3, -0.25) is 4.79 Å². The number of carbonyl (C=O) groups excluding carboxylic acids is 1. The smallest absolute Gasteiger partial charge is 0.221 e. The van der Waals surface area contributed by atoms with Gasteiger partial charge in [0.15, 0.2) is 0 Å². The second-order valence-electron chi connectivity index (χ2n) is 5.52. The number of rotatable bonds is 6. The fourth-order valence-electron chi connectivity index (χ4n) is 2.60. The van der Waals surface area contributed by atoms with Crippen LogP contribution in [0, 0.1) is 5.82 Å². The van der Waals surface area contributed by atoms with Gasteiger partial charge in [0, 0.05) is 11.3 Å². The molecular weight excluding hydrogens is 321 g/mol. The normalized spacial score (nSPS) is 11.9. The number of carbonyl (C=O) groups is 1. The maximum Gasteiger partial charge on any atom is 0.221 e. The van der Waals surface area contributed by atoms with Crippen molar-refractivity contribution in [3.8, 4) is 0 Å². The minimum atomic E-state index is -0.261. The van der Waals surface area contributed by atoms with Gasteiger partial charge in [0.2, 0.25) is 5.91 Å². The van der Waals surface area contributed by atoms with Crippen LogP contribution >= 0.6 is 11.3 Å². The monoisotopic (exact) mass is 339 g/mol. The molecule has 4 heteroatoms. The van der Waals surface area contributed by atoms with Crippen LogP contribution in [-0.2, 0) is 11.2 Å². The van der Waals surface area contributed by atoms with Crippen molar-refractivity contribution in [1.29, 1.82) is 0 Å².